The predicted octanol–water partition coefficient (Wildman–Crippen LogP) is 6.34. The van der Waals surface area contributed by atoms with Crippen molar-refractivity contribution in [2.24, 2.45) is 0 Å². The Labute approximate surface area is 271 Å². The quantitative estimate of drug-likeness (QED) is 0.196. The van der Waals surface area contributed by atoms with E-state index in [0.717, 1.165) is 46.7 Å². The monoisotopic (exact) mass is 641 g/mol. The Morgan fingerprint density at radius 2 is 1.46 bits per heavy atom. The van der Waals surface area contributed by atoms with Crippen LogP contribution in [0.2, 0.25) is 0 Å². The molecule has 4 aromatic carbocycles. The summed E-state index contributed by atoms with van der Waals surface area (Å²) in [6.45, 7) is 3.27. The Kier molecular flexibility index (Phi) is 10.5. The summed E-state index contributed by atoms with van der Waals surface area (Å²) in [4.78, 5) is 30.1. The Morgan fingerprint density at radius 1 is 0.826 bits per heavy atom. The van der Waals surface area contributed by atoms with Gasteiger partial charge in [0.15, 0.2) is 0 Å². The van der Waals surface area contributed by atoms with Crippen LogP contribution >= 0.6 is 0 Å². The molecule has 0 aromatic heterocycles. The van der Waals surface area contributed by atoms with Crippen LogP contribution in [0, 0.1) is 19.7 Å². The number of anilines is 1. The van der Waals surface area contributed by atoms with Crippen molar-refractivity contribution in [3.8, 4) is 0 Å². The van der Waals surface area contributed by atoms with Gasteiger partial charge < -0.3 is 10.2 Å². The van der Waals surface area contributed by atoms with Gasteiger partial charge in [0.2, 0.25) is 11.8 Å². The third kappa shape index (κ3) is 8.01. The number of hydrogen-bond acceptors (Lipinski definition) is 4. The van der Waals surface area contributed by atoms with Crippen molar-refractivity contribution in [1.29, 1.82) is 0 Å². The number of aryl methyl sites for hydroxylation is 2. The van der Waals surface area contributed by atoms with E-state index >= 15 is 0 Å². The van der Waals surface area contributed by atoms with Crippen LogP contribution in [-0.4, -0.2) is 43.8 Å². The Hall–Kier alpha value is -4.50. The summed E-state index contributed by atoms with van der Waals surface area (Å²) in [5, 5.41) is 3.16. The lowest BCUT2D eigenvalue weighted by Crippen LogP contribution is -2.54. The molecule has 7 nitrogen and oxygen atoms in total. The van der Waals surface area contributed by atoms with Gasteiger partial charge in [-0.3, -0.25) is 13.9 Å². The maximum atomic E-state index is 14.6. The van der Waals surface area contributed by atoms with Gasteiger partial charge in [0.1, 0.15) is 18.4 Å². The van der Waals surface area contributed by atoms with Crippen LogP contribution in [0.4, 0.5) is 10.1 Å². The molecule has 1 fully saturated rings. The molecule has 0 aliphatic heterocycles. The topological polar surface area (TPSA) is 86.8 Å². The second kappa shape index (κ2) is 14.7. The minimum Gasteiger partial charge on any atom is -0.352 e. The van der Waals surface area contributed by atoms with Gasteiger partial charge in [-0.05, 0) is 85.3 Å². The molecule has 1 saturated carbocycles. The Balaban J connectivity index is 1.57. The molecule has 0 heterocycles. The van der Waals surface area contributed by atoms with Crippen molar-refractivity contribution in [2.75, 3.05) is 10.8 Å². The summed E-state index contributed by atoms with van der Waals surface area (Å²) in [5.74, 6) is -1.27. The molecule has 1 N–H and O–H groups in total. The van der Waals surface area contributed by atoms with Gasteiger partial charge in [-0.15, -0.1) is 0 Å². The number of carbonyl (C=O) groups excluding carboxylic acids is 2. The van der Waals surface area contributed by atoms with E-state index in [1.165, 1.54) is 29.2 Å². The van der Waals surface area contributed by atoms with Crippen LogP contribution < -0.4 is 9.62 Å². The van der Waals surface area contributed by atoms with Crippen LogP contribution in [0.15, 0.2) is 108 Å². The first-order valence-corrected chi connectivity index (χ1v) is 17.1. The minimum absolute atomic E-state index is 0.0130. The minimum atomic E-state index is -4.18. The fourth-order valence-corrected chi connectivity index (χ4v) is 7.26. The molecule has 46 heavy (non-hydrogen) atoms. The summed E-state index contributed by atoms with van der Waals surface area (Å²) in [5.41, 5.74) is 3.67. The third-order valence-corrected chi connectivity index (χ3v) is 10.4. The first-order chi connectivity index (χ1) is 22.1. The lowest BCUT2D eigenvalue weighted by molar-refractivity contribution is -0.140. The number of benzene rings is 4. The predicted molar refractivity (Wildman–Crippen MR) is 178 cm³/mol. The summed E-state index contributed by atoms with van der Waals surface area (Å²) >= 11 is 0. The average molecular weight is 642 g/mol. The summed E-state index contributed by atoms with van der Waals surface area (Å²) in [6, 6.07) is 27.5. The van der Waals surface area contributed by atoms with Gasteiger partial charge in [0.25, 0.3) is 10.0 Å². The summed E-state index contributed by atoms with van der Waals surface area (Å²) in [6.07, 6.45) is 4.00. The molecular formula is C37H40FN3O4S. The highest BCUT2D eigenvalue weighted by Gasteiger charge is 2.35. The van der Waals surface area contributed by atoms with Gasteiger partial charge in [-0.2, -0.15) is 0 Å². The molecule has 0 spiro atoms. The molecule has 9 heteroatoms. The summed E-state index contributed by atoms with van der Waals surface area (Å²) in [7, 11) is -4.18. The number of hydrogen-bond donors (Lipinski definition) is 1. The zero-order valence-corrected chi connectivity index (χ0v) is 27.0. The lowest BCUT2D eigenvalue weighted by Gasteiger charge is -2.34. The first-order valence-electron chi connectivity index (χ1n) is 15.6. The van der Waals surface area contributed by atoms with Crippen molar-refractivity contribution >= 4 is 27.5 Å². The largest absolute Gasteiger partial charge is 0.352 e. The van der Waals surface area contributed by atoms with E-state index in [1.54, 1.807) is 42.5 Å². The standard InChI is InChI=1S/C37H40FN3O4S/c1-27-17-22-33(23-28(27)2)41(46(44,45)34-15-7-4-8-16-34)26-36(42)40(25-30-18-20-31(38)21-19-30)35(24-29-11-5-3-6-12-29)37(43)39-32-13-9-10-14-32/h3-8,11-12,15-23,32,35H,9-10,13-14,24-26H2,1-2H3,(H,39,43)/t35-/m0/s1. The molecule has 1 aliphatic carbocycles. The fraction of sp³-hybridized carbons (Fsp3) is 0.297. The maximum Gasteiger partial charge on any atom is 0.264 e. The van der Waals surface area contributed by atoms with Gasteiger partial charge in [0, 0.05) is 19.0 Å². The molecular weight excluding hydrogens is 601 g/mol. The Morgan fingerprint density at radius 3 is 2.09 bits per heavy atom. The van der Waals surface area contributed by atoms with Crippen LogP contribution in [0.5, 0.6) is 0 Å². The van der Waals surface area contributed by atoms with Gasteiger partial charge in [-0.1, -0.05) is 79.6 Å². The van der Waals surface area contributed by atoms with E-state index in [1.807, 2.05) is 50.2 Å². The molecule has 0 unspecified atom stereocenters. The van der Waals surface area contributed by atoms with Crippen LogP contribution in [0.25, 0.3) is 0 Å². The van der Waals surface area contributed by atoms with Crippen LogP contribution in [0.1, 0.15) is 47.9 Å². The lowest BCUT2D eigenvalue weighted by atomic mass is 10.0. The van der Waals surface area contributed by atoms with Crippen molar-refractivity contribution < 1.29 is 22.4 Å². The molecule has 5 rings (SSSR count). The normalized spacial score (nSPS) is 14.1. The maximum absolute atomic E-state index is 14.6. The van der Waals surface area contributed by atoms with E-state index in [4.69, 9.17) is 0 Å². The van der Waals surface area contributed by atoms with E-state index in [-0.39, 0.29) is 29.8 Å². The third-order valence-electron chi connectivity index (χ3n) is 8.63. The molecule has 2 amide bonds. The molecule has 0 bridgehead atoms. The zero-order valence-electron chi connectivity index (χ0n) is 26.2. The van der Waals surface area contributed by atoms with Crippen molar-refractivity contribution in [1.82, 2.24) is 10.2 Å². The highest BCUT2D eigenvalue weighted by molar-refractivity contribution is 7.92. The smallest absolute Gasteiger partial charge is 0.264 e. The zero-order chi connectivity index (χ0) is 32.7. The van der Waals surface area contributed by atoms with Gasteiger partial charge in [0.05, 0.1) is 10.6 Å². The molecule has 1 aliphatic rings. The van der Waals surface area contributed by atoms with E-state index in [2.05, 4.69) is 5.32 Å². The number of amides is 2. The Bertz CT molecular complexity index is 1740. The highest BCUT2D eigenvalue weighted by Crippen LogP contribution is 2.27. The second-order valence-corrected chi connectivity index (χ2v) is 13.8. The van der Waals surface area contributed by atoms with Crippen molar-refractivity contribution in [3.05, 3.63) is 131 Å². The number of halogens is 1. The molecule has 240 valence electrons. The fourth-order valence-electron chi connectivity index (χ4n) is 5.84. The van der Waals surface area contributed by atoms with Gasteiger partial charge >= 0.3 is 0 Å². The van der Waals surface area contributed by atoms with Crippen LogP contribution in [0.3, 0.4) is 0 Å². The highest BCUT2D eigenvalue weighted by atomic mass is 32.2. The van der Waals surface area contributed by atoms with E-state index < -0.39 is 34.3 Å². The molecule has 1 atom stereocenters. The molecule has 0 radical (unpaired) electrons. The number of rotatable bonds is 12. The van der Waals surface area contributed by atoms with Crippen molar-refractivity contribution in [3.63, 3.8) is 0 Å². The first kappa shape index (κ1) is 32.9. The SMILES string of the molecule is Cc1ccc(N(CC(=O)N(Cc2ccc(F)cc2)[C@@H](Cc2ccccc2)C(=O)NC2CCCC2)S(=O)(=O)c2ccccc2)cc1C. The van der Waals surface area contributed by atoms with E-state index in [0.29, 0.717) is 11.3 Å². The van der Waals surface area contributed by atoms with E-state index in [9.17, 15) is 22.4 Å². The van der Waals surface area contributed by atoms with Gasteiger partial charge in [-0.25, -0.2) is 12.8 Å². The summed E-state index contributed by atoms with van der Waals surface area (Å²) < 4.78 is 43.3. The number of sulfonamides is 1. The van der Waals surface area contributed by atoms with Crippen molar-refractivity contribution in [2.45, 2.75) is 69.5 Å². The number of carbonyl (C=O) groups is 2. The molecule has 4 aromatic rings. The second-order valence-electron chi connectivity index (χ2n) is 11.9. The number of nitrogens with one attached hydrogen (secondary N) is 1. The average Bonchev–Trinajstić information content (AvgIpc) is 3.57. The number of nitrogens with zero attached hydrogens (tertiary/aromatic N) is 2. The molecule has 0 saturated heterocycles. The van der Waals surface area contributed by atoms with Crippen LogP contribution in [-0.2, 0) is 32.6 Å².